The fraction of sp³-hybridized carbons (Fsp3) is 0.125. The van der Waals surface area contributed by atoms with Crippen molar-refractivity contribution in [2.45, 2.75) is 6.54 Å². The molecule has 0 aromatic heterocycles. The van der Waals surface area contributed by atoms with Gasteiger partial charge in [0.2, 0.25) is 0 Å². The predicted molar refractivity (Wildman–Crippen MR) is 83.5 cm³/mol. The van der Waals surface area contributed by atoms with Gasteiger partial charge in [0.1, 0.15) is 29.7 Å². The van der Waals surface area contributed by atoms with Crippen molar-refractivity contribution >= 4 is 21.6 Å². The van der Waals surface area contributed by atoms with E-state index in [1.165, 1.54) is 12.1 Å². The first-order chi connectivity index (χ1) is 10.1. The topological polar surface area (TPSA) is 21.3 Å². The Kier molecular flexibility index (Phi) is 5.33. The number of halogens is 3. The second-order valence-electron chi connectivity index (χ2n) is 4.31. The number of benzene rings is 2. The highest BCUT2D eigenvalue weighted by Crippen LogP contribution is 2.25. The van der Waals surface area contributed by atoms with Crippen LogP contribution >= 0.6 is 15.9 Å². The van der Waals surface area contributed by atoms with E-state index in [0.29, 0.717) is 16.8 Å². The lowest BCUT2D eigenvalue weighted by Gasteiger charge is -2.13. The zero-order valence-electron chi connectivity index (χ0n) is 11.2. The summed E-state index contributed by atoms with van der Waals surface area (Å²) < 4.78 is 33.3. The maximum absolute atomic E-state index is 13.7. The molecule has 0 unspecified atom stereocenters. The standard InChI is InChI=1S/C16H14BrF2NO/c1-2-7-21-15-6-4-3-5-11(15)10-20-16-13(18)8-12(17)9-14(16)19/h2-6,8-9,20H,1,7,10H2. The summed E-state index contributed by atoms with van der Waals surface area (Å²) >= 11 is 3.05. The van der Waals surface area contributed by atoms with Gasteiger partial charge in [0.05, 0.1) is 0 Å². The number of anilines is 1. The Bertz CT molecular complexity index is 623. The molecule has 0 fully saturated rings. The lowest BCUT2D eigenvalue weighted by atomic mass is 10.2. The minimum Gasteiger partial charge on any atom is -0.489 e. The van der Waals surface area contributed by atoms with Crippen molar-refractivity contribution in [2.75, 3.05) is 11.9 Å². The van der Waals surface area contributed by atoms with E-state index in [1.54, 1.807) is 12.1 Å². The monoisotopic (exact) mass is 353 g/mol. The molecule has 0 heterocycles. The van der Waals surface area contributed by atoms with Crippen molar-refractivity contribution in [3.8, 4) is 5.75 Å². The van der Waals surface area contributed by atoms with Gasteiger partial charge in [-0.3, -0.25) is 0 Å². The lowest BCUT2D eigenvalue weighted by Crippen LogP contribution is -2.06. The van der Waals surface area contributed by atoms with Crippen LogP contribution in [0.2, 0.25) is 0 Å². The van der Waals surface area contributed by atoms with Crippen LogP contribution in [0.1, 0.15) is 5.56 Å². The Morgan fingerprint density at radius 2 is 1.86 bits per heavy atom. The van der Waals surface area contributed by atoms with Gasteiger partial charge in [-0.05, 0) is 18.2 Å². The van der Waals surface area contributed by atoms with E-state index in [4.69, 9.17) is 4.74 Å². The van der Waals surface area contributed by atoms with Gasteiger partial charge in [-0.25, -0.2) is 8.78 Å². The molecule has 1 N–H and O–H groups in total. The van der Waals surface area contributed by atoms with Crippen molar-refractivity contribution in [1.82, 2.24) is 0 Å². The Balaban J connectivity index is 2.15. The third-order valence-corrected chi connectivity index (χ3v) is 3.25. The van der Waals surface area contributed by atoms with E-state index in [9.17, 15) is 8.78 Å². The molecule has 2 rings (SSSR count). The Labute approximate surface area is 130 Å². The van der Waals surface area contributed by atoms with Gasteiger partial charge in [0, 0.05) is 16.6 Å². The average Bonchev–Trinajstić information content (AvgIpc) is 2.45. The summed E-state index contributed by atoms with van der Waals surface area (Å²) in [4.78, 5) is 0. The molecule has 2 nitrogen and oxygen atoms in total. The van der Waals surface area contributed by atoms with Gasteiger partial charge in [-0.15, -0.1) is 0 Å². The van der Waals surface area contributed by atoms with Crippen molar-refractivity contribution in [3.05, 3.63) is 70.7 Å². The van der Waals surface area contributed by atoms with Crippen LogP contribution in [-0.4, -0.2) is 6.61 Å². The highest BCUT2D eigenvalue weighted by molar-refractivity contribution is 9.10. The van der Waals surface area contributed by atoms with Crippen molar-refractivity contribution < 1.29 is 13.5 Å². The molecule has 2 aromatic rings. The summed E-state index contributed by atoms with van der Waals surface area (Å²) in [6, 6.07) is 9.74. The molecule has 0 aliphatic carbocycles. The molecule has 2 aromatic carbocycles. The van der Waals surface area contributed by atoms with Gasteiger partial charge in [0.15, 0.2) is 0 Å². The van der Waals surface area contributed by atoms with Crippen LogP contribution in [0.5, 0.6) is 5.75 Å². The van der Waals surface area contributed by atoms with E-state index in [-0.39, 0.29) is 12.2 Å². The van der Waals surface area contributed by atoms with Gasteiger partial charge in [0.25, 0.3) is 0 Å². The summed E-state index contributed by atoms with van der Waals surface area (Å²) in [6.45, 7) is 4.21. The summed E-state index contributed by atoms with van der Waals surface area (Å²) in [5, 5.41) is 2.76. The fourth-order valence-corrected chi connectivity index (χ4v) is 2.24. The zero-order chi connectivity index (χ0) is 15.2. The van der Waals surface area contributed by atoms with Crippen molar-refractivity contribution in [2.24, 2.45) is 0 Å². The van der Waals surface area contributed by atoms with Crippen LogP contribution in [0.25, 0.3) is 0 Å². The van der Waals surface area contributed by atoms with Gasteiger partial charge in [-0.1, -0.05) is 46.8 Å². The lowest BCUT2D eigenvalue weighted by molar-refractivity contribution is 0.359. The first kappa shape index (κ1) is 15.5. The predicted octanol–water partition coefficient (Wildman–Crippen LogP) is 4.90. The summed E-state index contributed by atoms with van der Waals surface area (Å²) in [5.74, 6) is -0.638. The number of hydrogen-bond donors (Lipinski definition) is 1. The van der Waals surface area contributed by atoms with E-state index >= 15 is 0 Å². The van der Waals surface area contributed by atoms with Crippen LogP contribution in [0.4, 0.5) is 14.5 Å². The minimum absolute atomic E-state index is 0.156. The van der Waals surface area contributed by atoms with Gasteiger partial charge < -0.3 is 10.1 Å². The molecular formula is C16H14BrF2NO. The first-order valence-corrected chi connectivity index (χ1v) is 7.11. The molecule has 0 spiro atoms. The summed E-state index contributed by atoms with van der Waals surface area (Å²) in [5.41, 5.74) is 0.651. The SMILES string of the molecule is C=CCOc1ccccc1CNc1c(F)cc(Br)cc1F. The zero-order valence-corrected chi connectivity index (χ0v) is 12.8. The molecule has 0 saturated heterocycles. The van der Waals surface area contributed by atoms with Crippen molar-refractivity contribution in [1.29, 1.82) is 0 Å². The highest BCUT2D eigenvalue weighted by Gasteiger charge is 2.11. The molecule has 0 bridgehead atoms. The van der Waals surface area contributed by atoms with E-state index in [0.717, 1.165) is 5.56 Å². The smallest absolute Gasteiger partial charge is 0.150 e. The second-order valence-corrected chi connectivity index (χ2v) is 5.22. The van der Waals surface area contributed by atoms with Gasteiger partial charge >= 0.3 is 0 Å². The summed E-state index contributed by atoms with van der Waals surface area (Å²) in [6.07, 6.45) is 1.64. The largest absolute Gasteiger partial charge is 0.489 e. The average molecular weight is 354 g/mol. The minimum atomic E-state index is -0.647. The number of para-hydroxylation sites is 1. The molecule has 0 saturated carbocycles. The molecular weight excluding hydrogens is 340 g/mol. The van der Waals surface area contributed by atoms with Crippen LogP contribution in [0, 0.1) is 11.6 Å². The fourth-order valence-electron chi connectivity index (χ4n) is 1.83. The molecule has 110 valence electrons. The first-order valence-electron chi connectivity index (χ1n) is 6.32. The Morgan fingerprint density at radius 1 is 1.19 bits per heavy atom. The number of hydrogen-bond acceptors (Lipinski definition) is 2. The van der Waals surface area contributed by atoms with E-state index in [2.05, 4.69) is 27.8 Å². The van der Waals surface area contributed by atoms with Crippen LogP contribution < -0.4 is 10.1 Å². The highest BCUT2D eigenvalue weighted by atomic mass is 79.9. The molecule has 21 heavy (non-hydrogen) atoms. The number of nitrogens with one attached hydrogen (secondary N) is 1. The van der Waals surface area contributed by atoms with E-state index in [1.807, 2.05) is 18.2 Å². The third-order valence-electron chi connectivity index (χ3n) is 2.79. The maximum Gasteiger partial charge on any atom is 0.150 e. The quantitative estimate of drug-likeness (QED) is 0.745. The Morgan fingerprint density at radius 3 is 2.52 bits per heavy atom. The van der Waals surface area contributed by atoms with Crippen LogP contribution in [0.3, 0.4) is 0 Å². The van der Waals surface area contributed by atoms with E-state index < -0.39 is 11.6 Å². The van der Waals surface area contributed by atoms with Crippen molar-refractivity contribution in [3.63, 3.8) is 0 Å². The number of ether oxygens (including phenoxy) is 1. The van der Waals surface area contributed by atoms with Crippen LogP contribution in [-0.2, 0) is 6.54 Å². The molecule has 5 heteroatoms. The molecule has 0 amide bonds. The van der Waals surface area contributed by atoms with Crippen LogP contribution in [0.15, 0.2) is 53.5 Å². The number of rotatable bonds is 6. The molecule has 0 aliphatic heterocycles. The van der Waals surface area contributed by atoms with Gasteiger partial charge in [-0.2, -0.15) is 0 Å². The third kappa shape index (κ3) is 4.04. The molecule has 0 atom stereocenters. The normalized spacial score (nSPS) is 10.2. The molecule has 0 aliphatic rings. The Hall–Kier alpha value is -1.88. The second kappa shape index (κ2) is 7.22. The molecule has 0 radical (unpaired) electrons. The summed E-state index contributed by atoms with van der Waals surface area (Å²) in [7, 11) is 0. The maximum atomic E-state index is 13.7.